The van der Waals surface area contributed by atoms with E-state index in [0.29, 0.717) is 29.5 Å². The predicted octanol–water partition coefficient (Wildman–Crippen LogP) is 4.03. The monoisotopic (exact) mass is 404 g/mol. The number of aryl methyl sites for hydroxylation is 2. The standard InChI is InChI=1S/C22H17FN4O3/c1-12-25-10-21(29-12)22-17-7-15(3-4-19(17)27(11-28)26-22)30-20-5-2-13-6-14(9-24)18(23)8-16(13)20/h3-4,6-8,10,20,28H,2,5,11H2,1H3. The number of hydrogen-bond donors (Lipinski definition) is 1. The number of ether oxygens (including phenoxy) is 1. The van der Waals surface area contributed by atoms with Crippen molar-refractivity contribution in [3.63, 3.8) is 0 Å². The molecule has 0 radical (unpaired) electrons. The van der Waals surface area contributed by atoms with Gasteiger partial charge in [-0.25, -0.2) is 14.1 Å². The topological polar surface area (TPSA) is 97.1 Å². The molecular weight excluding hydrogens is 387 g/mol. The number of fused-ring (bicyclic) bond motifs is 2. The molecule has 4 aromatic rings. The fourth-order valence-corrected chi connectivity index (χ4v) is 3.96. The molecule has 150 valence electrons. The molecule has 0 bridgehead atoms. The summed E-state index contributed by atoms with van der Waals surface area (Å²) in [7, 11) is 0. The van der Waals surface area contributed by atoms with E-state index in [-0.39, 0.29) is 18.4 Å². The van der Waals surface area contributed by atoms with Crippen LogP contribution in [0.25, 0.3) is 22.4 Å². The Hall–Kier alpha value is -3.70. The van der Waals surface area contributed by atoms with Crippen molar-refractivity contribution >= 4 is 10.9 Å². The number of aliphatic hydroxyl groups is 1. The minimum atomic E-state index is -0.533. The van der Waals surface area contributed by atoms with Gasteiger partial charge in [0.2, 0.25) is 0 Å². The zero-order chi connectivity index (χ0) is 20.8. The third-order valence-corrected chi connectivity index (χ3v) is 5.36. The van der Waals surface area contributed by atoms with E-state index in [1.54, 1.807) is 25.3 Å². The van der Waals surface area contributed by atoms with Crippen LogP contribution < -0.4 is 4.74 Å². The summed E-state index contributed by atoms with van der Waals surface area (Å²) in [5, 5.41) is 23.9. The number of hydrogen-bond acceptors (Lipinski definition) is 6. The van der Waals surface area contributed by atoms with E-state index in [2.05, 4.69) is 10.1 Å². The third-order valence-electron chi connectivity index (χ3n) is 5.36. The molecule has 0 saturated heterocycles. The Balaban J connectivity index is 1.53. The molecule has 0 spiro atoms. The van der Waals surface area contributed by atoms with Crippen LogP contribution in [0, 0.1) is 24.1 Å². The highest BCUT2D eigenvalue weighted by Gasteiger charge is 2.26. The lowest BCUT2D eigenvalue weighted by atomic mass is 10.1. The molecule has 0 amide bonds. The van der Waals surface area contributed by atoms with Crippen LogP contribution in [0.15, 0.2) is 40.9 Å². The van der Waals surface area contributed by atoms with Crippen molar-refractivity contribution in [2.75, 3.05) is 0 Å². The van der Waals surface area contributed by atoms with E-state index < -0.39 is 5.82 Å². The molecule has 1 aliphatic carbocycles. The number of halogens is 1. The van der Waals surface area contributed by atoms with Crippen molar-refractivity contribution in [1.29, 1.82) is 5.26 Å². The lowest BCUT2D eigenvalue weighted by molar-refractivity contribution is 0.200. The van der Waals surface area contributed by atoms with Crippen LogP contribution in [-0.2, 0) is 13.2 Å². The Morgan fingerprint density at radius 3 is 2.97 bits per heavy atom. The Morgan fingerprint density at radius 1 is 1.37 bits per heavy atom. The van der Waals surface area contributed by atoms with Crippen LogP contribution in [0.3, 0.4) is 0 Å². The first-order valence-electron chi connectivity index (χ1n) is 9.50. The SMILES string of the molecule is Cc1ncc(-c2nn(CO)c3ccc(OC4CCc5cc(C#N)c(F)cc54)cc23)o1. The molecule has 30 heavy (non-hydrogen) atoms. The highest BCUT2D eigenvalue weighted by molar-refractivity contribution is 5.93. The average molecular weight is 404 g/mol. The summed E-state index contributed by atoms with van der Waals surface area (Å²) >= 11 is 0. The van der Waals surface area contributed by atoms with Crippen LogP contribution in [0.2, 0.25) is 0 Å². The van der Waals surface area contributed by atoms with Crippen molar-refractivity contribution in [3.8, 4) is 23.3 Å². The Bertz CT molecular complexity index is 1320. The molecule has 1 aliphatic rings. The molecule has 5 rings (SSSR count). The fourth-order valence-electron chi connectivity index (χ4n) is 3.96. The van der Waals surface area contributed by atoms with E-state index >= 15 is 0 Å². The Morgan fingerprint density at radius 2 is 2.23 bits per heavy atom. The number of aromatic nitrogens is 3. The van der Waals surface area contributed by atoms with E-state index in [9.17, 15) is 9.50 Å². The van der Waals surface area contributed by atoms with Crippen molar-refractivity contribution in [2.24, 2.45) is 0 Å². The van der Waals surface area contributed by atoms with Gasteiger partial charge in [0.15, 0.2) is 11.7 Å². The van der Waals surface area contributed by atoms with Crippen LogP contribution >= 0.6 is 0 Å². The van der Waals surface area contributed by atoms with Crippen LogP contribution in [0.1, 0.15) is 35.1 Å². The van der Waals surface area contributed by atoms with Crippen molar-refractivity contribution in [1.82, 2.24) is 14.8 Å². The first kappa shape index (κ1) is 18.3. The smallest absolute Gasteiger partial charge is 0.191 e. The van der Waals surface area contributed by atoms with Gasteiger partial charge in [0.05, 0.1) is 17.3 Å². The maximum Gasteiger partial charge on any atom is 0.191 e. The Kier molecular flexibility index (Phi) is 4.26. The maximum atomic E-state index is 14.1. The Labute approximate surface area is 170 Å². The number of benzene rings is 2. The number of nitrogens with zero attached hydrogens (tertiary/aromatic N) is 4. The van der Waals surface area contributed by atoms with E-state index in [0.717, 1.165) is 28.5 Å². The quantitative estimate of drug-likeness (QED) is 0.552. The maximum absolute atomic E-state index is 14.1. The molecule has 1 unspecified atom stereocenters. The third kappa shape index (κ3) is 2.91. The first-order chi connectivity index (χ1) is 14.6. The summed E-state index contributed by atoms with van der Waals surface area (Å²) in [6.07, 6.45) is 2.71. The van der Waals surface area contributed by atoms with Crippen LogP contribution in [0.4, 0.5) is 4.39 Å². The van der Waals surface area contributed by atoms with E-state index in [4.69, 9.17) is 14.4 Å². The van der Waals surface area contributed by atoms with Crippen molar-refractivity contribution < 1.29 is 18.7 Å². The van der Waals surface area contributed by atoms with E-state index in [1.165, 1.54) is 10.7 Å². The summed E-state index contributed by atoms with van der Waals surface area (Å²) in [5.74, 6) is 1.08. The molecule has 1 N–H and O–H groups in total. The number of oxazole rings is 1. The van der Waals surface area contributed by atoms with Crippen LogP contribution in [0.5, 0.6) is 5.75 Å². The molecule has 2 heterocycles. The second-order valence-electron chi connectivity index (χ2n) is 7.20. The van der Waals surface area contributed by atoms with Gasteiger partial charge in [-0.1, -0.05) is 0 Å². The summed E-state index contributed by atoms with van der Waals surface area (Å²) in [6, 6.07) is 10.3. The molecule has 0 saturated carbocycles. The largest absolute Gasteiger partial charge is 0.486 e. The van der Waals surface area contributed by atoms with Gasteiger partial charge in [0.1, 0.15) is 36.2 Å². The number of aliphatic hydroxyl groups excluding tert-OH is 1. The first-order valence-corrected chi connectivity index (χ1v) is 9.50. The summed E-state index contributed by atoms with van der Waals surface area (Å²) in [4.78, 5) is 4.12. The second-order valence-corrected chi connectivity index (χ2v) is 7.20. The van der Waals surface area contributed by atoms with Crippen molar-refractivity contribution in [2.45, 2.75) is 32.6 Å². The minimum Gasteiger partial charge on any atom is -0.486 e. The number of nitriles is 1. The molecule has 2 aromatic carbocycles. The molecule has 1 atom stereocenters. The van der Waals surface area contributed by atoms with Gasteiger partial charge >= 0.3 is 0 Å². The summed E-state index contributed by atoms with van der Waals surface area (Å²) in [6.45, 7) is 1.47. The summed E-state index contributed by atoms with van der Waals surface area (Å²) in [5.41, 5.74) is 3.04. The van der Waals surface area contributed by atoms with Crippen LogP contribution in [-0.4, -0.2) is 19.9 Å². The molecule has 8 heteroatoms. The highest BCUT2D eigenvalue weighted by atomic mass is 19.1. The highest BCUT2D eigenvalue weighted by Crippen LogP contribution is 2.38. The number of rotatable bonds is 4. The van der Waals surface area contributed by atoms with Gasteiger partial charge in [-0.3, -0.25) is 0 Å². The van der Waals surface area contributed by atoms with Gasteiger partial charge in [0, 0.05) is 12.3 Å². The lowest BCUT2D eigenvalue weighted by Crippen LogP contribution is -2.04. The molecule has 0 aliphatic heterocycles. The molecule has 2 aromatic heterocycles. The van der Waals surface area contributed by atoms with E-state index in [1.807, 2.05) is 18.2 Å². The minimum absolute atomic E-state index is 0.0548. The molecule has 0 fully saturated rings. The van der Waals surface area contributed by atoms with Gasteiger partial charge in [-0.15, -0.1) is 0 Å². The second kappa shape index (κ2) is 6.97. The summed E-state index contributed by atoms with van der Waals surface area (Å²) < 4.78 is 27.4. The average Bonchev–Trinajstić information content (AvgIpc) is 3.44. The lowest BCUT2D eigenvalue weighted by Gasteiger charge is -2.15. The van der Waals surface area contributed by atoms with Gasteiger partial charge < -0.3 is 14.3 Å². The molecule has 7 nitrogen and oxygen atoms in total. The van der Waals surface area contributed by atoms with Gasteiger partial charge in [-0.2, -0.15) is 10.4 Å². The fraction of sp³-hybridized carbons (Fsp3) is 0.227. The molecular formula is C22H17FN4O3. The van der Waals surface area contributed by atoms with Gasteiger partial charge in [-0.05, 0) is 54.3 Å². The zero-order valence-corrected chi connectivity index (χ0v) is 16.1. The van der Waals surface area contributed by atoms with Crippen molar-refractivity contribution in [3.05, 3.63) is 64.9 Å². The zero-order valence-electron chi connectivity index (χ0n) is 16.1. The predicted molar refractivity (Wildman–Crippen MR) is 105 cm³/mol. The van der Waals surface area contributed by atoms with Gasteiger partial charge in [0.25, 0.3) is 0 Å². The normalized spacial score (nSPS) is 15.3.